The van der Waals surface area contributed by atoms with Gasteiger partial charge in [0.2, 0.25) is 0 Å². The molecule has 0 radical (unpaired) electrons. The smallest absolute Gasteiger partial charge is 0.119 e. The van der Waals surface area contributed by atoms with Crippen molar-refractivity contribution in [3.05, 3.63) is 29.8 Å². The first-order valence-corrected chi connectivity index (χ1v) is 6.12. The monoisotopic (exact) mass is 217 g/mol. The third-order valence-electron chi connectivity index (χ3n) is 4.61. The van der Waals surface area contributed by atoms with Gasteiger partial charge in [0, 0.05) is 11.5 Å². The molecule has 3 aliphatic carbocycles. The summed E-state index contributed by atoms with van der Waals surface area (Å²) in [6.07, 6.45) is 4.06. The molecule has 16 heavy (non-hydrogen) atoms. The molecule has 3 unspecified atom stereocenters. The molecule has 0 heterocycles. The highest BCUT2D eigenvalue weighted by Gasteiger charge is 2.59. The maximum absolute atomic E-state index is 5.33. The highest BCUT2D eigenvalue weighted by molar-refractivity contribution is 5.40. The summed E-state index contributed by atoms with van der Waals surface area (Å²) in [5.41, 5.74) is 1.86. The van der Waals surface area contributed by atoms with Crippen molar-refractivity contribution >= 4 is 0 Å². The highest BCUT2D eigenvalue weighted by atomic mass is 16.5. The molecule has 0 spiro atoms. The van der Waals surface area contributed by atoms with Crippen LogP contribution in [-0.2, 0) is 5.41 Å². The lowest BCUT2D eigenvalue weighted by molar-refractivity contribution is 0.157. The molecular weight excluding hydrogens is 198 g/mol. The Labute approximate surface area is 97.0 Å². The van der Waals surface area contributed by atoms with Crippen LogP contribution < -0.4 is 10.1 Å². The molecule has 3 saturated carbocycles. The summed E-state index contributed by atoms with van der Waals surface area (Å²) in [4.78, 5) is 0. The number of likely N-dealkylation sites (N-methyl/N-ethyl adjacent to an activating group) is 1. The van der Waals surface area contributed by atoms with Gasteiger partial charge in [-0.2, -0.15) is 0 Å². The zero-order chi connectivity index (χ0) is 11.2. The molecule has 0 aliphatic heterocycles. The summed E-state index contributed by atoms with van der Waals surface area (Å²) in [5, 5.41) is 3.50. The Balaban J connectivity index is 1.97. The van der Waals surface area contributed by atoms with Gasteiger partial charge in [-0.3, -0.25) is 0 Å². The highest BCUT2D eigenvalue weighted by Crippen LogP contribution is 2.59. The minimum absolute atomic E-state index is 0.397. The fraction of sp³-hybridized carbons (Fsp3) is 0.571. The van der Waals surface area contributed by atoms with Crippen LogP contribution in [0.25, 0.3) is 0 Å². The van der Waals surface area contributed by atoms with Gasteiger partial charge < -0.3 is 10.1 Å². The Morgan fingerprint density at radius 1 is 1.44 bits per heavy atom. The zero-order valence-electron chi connectivity index (χ0n) is 9.99. The summed E-state index contributed by atoms with van der Waals surface area (Å²) < 4.78 is 5.33. The lowest BCUT2D eigenvalue weighted by Gasteiger charge is -2.48. The number of ether oxygens (including phenoxy) is 1. The maximum Gasteiger partial charge on any atom is 0.119 e. The zero-order valence-corrected chi connectivity index (χ0v) is 9.99. The van der Waals surface area contributed by atoms with Crippen LogP contribution in [0.5, 0.6) is 5.75 Å². The number of hydrogen-bond donors (Lipinski definition) is 1. The standard InChI is InChI=1S/C14H19NO/c1-15-13-10-6-7-14(13,9-10)11-4-3-5-12(8-11)16-2/h3-5,8,10,13,15H,6-7,9H2,1-2H3. The fourth-order valence-corrected chi connectivity index (χ4v) is 3.86. The molecule has 0 saturated heterocycles. The van der Waals surface area contributed by atoms with E-state index in [0.717, 1.165) is 11.7 Å². The first-order valence-electron chi connectivity index (χ1n) is 6.12. The van der Waals surface area contributed by atoms with Crippen LogP contribution in [0.1, 0.15) is 24.8 Å². The van der Waals surface area contributed by atoms with Crippen LogP contribution in [-0.4, -0.2) is 20.2 Å². The van der Waals surface area contributed by atoms with E-state index in [2.05, 4.69) is 30.6 Å². The Morgan fingerprint density at radius 2 is 2.31 bits per heavy atom. The minimum atomic E-state index is 0.397. The van der Waals surface area contributed by atoms with Gasteiger partial charge in [-0.25, -0.2) is 0 Å². The lowest BCUT2D eigenvalue weighted by atomic mass is 9.61. The lowest BCUT2D eigenvalue weighted by Crippen LogP contribution is -2.55. The van der Waals surface area contributed by atoms with Crippen molar-refractivity contribution in [2.75, 3.05) is 14.2 Å². The molecule has 3 aliphatic rings. The first kappa shape index (κ1) is 10.2. The van der Waals surface area contributed by atoms with Gasteiger partial charge in [0.1, 0.15) is 5.75 Å². The summed E-state index contributed by atoms with van der Waals surface area (Å²) in [5.74, 6) is 1.88. The fourth-order valence-electron chi connectivity index (χ4n) is 3.86. The van der Waals surface area contributed by atoms with Crippen molar-refractivity contribution in [2.24, 2.45) is 5.92 Å². The first-order chi connectivity index (χ1) is 7.80. The third-order valence-corrected chi connectivity index (χ3v) is 4.61. The number of benzene rings is 1. The Bertz CT molecular complexity index is 399. The van der Waals surface area contributed by atoms with E-state index in [1.54, 1.807) is 7.11 Å². The van der Waals surface area contributed by atoms with Gasteiger partial charge in [0.15, 0.2) is 0 Å². The van der Waals surface area contributed by atoms with E-state index < -0.39 is 0 Å². The Hall–Kier alpha value is -1.02. The van der Waals surface area contributed by atoms with Crippen molar-refractivity contribution in [3.63, 3.8) is 0 Å². The van der Waals surface area contributed by atoms with Crippen LogP contribution in [0.3, 0.4) is 0 Å². The summed E-state index contributed by atoms with van der Waals surface area (Å²) >= 11 is 0. The van der Waals surface area contributed by atoms with Crippen LogP contribution in [0, 0.1) is 5.92 Å². The van der Waals surface area contributed by atoms with E-state index in [4.69, 9.17) is 4.74 Å². The van der Waals surface area contributed by atoms with E-state index in [9.17, 15) is 0 Å². The summed E-state index contributed by atoms with van der Waals surface area (Å²) in [7, 11) is 3.83. The van der Waals surface area contributed by atoms with E-state index in [-0.39, 0.29) is 0 Å². The van der Waals surface area contributed by atoms with Crippen molar-refractivity contribution in [2.45, 2.75) is 30.7 Å². The van der Waals surface area contributed by atoms with Gasteiger partial charge >= 0.3 is 0 Å². The molecule has 4 rings (SSSR count). The number of hydrogen-bond acceptors (Lipinski definition) is 2. The minimum Gasteiger partial charge on any atom is -0.497 e. The van der Waals surface area contributed by atoms with Crippen LogP contribution in [0.2, 0.25) is 0 Å². The van der Waals surface area contributed by atoms with Crippen molar-refractivity contribution in [1.82, 2.24) is 5.32 Å². The SMILES string of the molecule is CNC1C2CCC1(c1cccc(OC)c1)C2. The van der Waals surface area contributed by atoms with Gasteiger partial charge in [0.25, 0.3) is 0 Å². The average Bonchev–Trinajstić information content (AvgIpc) is 2.89. The maximum atomic E-state index is 5.33. The topological polar surface area (TPSA) is 21.3 Å². The van der Waals surface area contributed by atoms with Crippen molar-refractivity contribution in [3.8, 4) is 5.75 Å². The van der Waals surface area contributed by atoms with E-state index in [1.807, 2.05) is 6.07 Å². The molecule has 0 amide bonds. The summed E-state index contributed by atoms with van der Waals surface area (Å²) in [6, 6.07) is 9.29. The second-order valence-corrected chi connectivity index (χ2v) is 5.16. The summed E-state index contributed by atoms with van der Waals surface area (Å²) in [6.45, 7) is 0. The van der Waals surface area contributed by atoms with Crippen LogP contribution in [0.4, 0.5) is 0 Å². The van der Waals surface area contributed by atoms with Crippen LogP contribution >= 0.6 is 0 Å². The molecule has 2 bridgehead atoms. The van der Waals surface area contributed by atoms with Gasteiger partial charge in [0.05, 0.1) is 7.11 Å². The molecule has 3 atom stereocenters. The number of fused-ring (bicyclic) bond motifs is 1. The Morgan fingerprint density at radius 3 is 3.00 bits per heavy atom. The molecule has 1 aromatic carbocycles. The number of nitrogens with one attached hydrogen (secondary N) is 1. The van der Waals surface area contributed by atoms with E-state index >= 15 is 0 Å². The third kappa shape index (κ3) is 1.17. The normalized spacial score (nSPS) is 35.9. The largest absolute Gasteiger partial charge is 0.497 e. The van der Waals surface area contributed by atoms with Gasteiger partial charge in [-0.15, -0.1) is 0 Å². The number of methoxy groups -OCH3 is 1. The Kier molecular flexibility index (Phi) is 2.21. The predicted octanol–water partition coefficient (Wildman–Crippen LogP) is 2.33. The molecule has 2 nitrogen and oxygen atoms in total. The molecular formula is C14H19NO. The second kappa shape index (κ2) is 3.49. The number of rotatable bonds is 3. The van der Waals surface area contributed by atoms with Gasteiger partial charge in [-0.1, -0.05) is 12.1 Å². The quantitative estimate of drug-likeness (QED) is 0.839. The van der Waals surface area contributed by atoms with E-state index in [1.165, 1.54) is 24.8 Å². The molecule has 86 valence electrons. The molecule has 0 aromatic heterocycles. The molecule has 1 aromatic rings. The second-order valence-electron chi connectivity index (χ2n) is 5.16. The molecule has 2 heteroatoms. The molecule has 1 N–H and O–H groups in total. The average molecular weight is 217 g/mol. The van der Waals surface area contributed by atoms with Crippen molar-refractivity contribution < 1.29 is 4.74 Å². The van der Waals surface area contributed by atoms with E-state index in [0.29, 0.717) is 11.5 Å². The molecule has 3 fully saturated rings. The predicted molar refractivity (Wildman–Crippen MR) is 64.9 cm³/mol. The van der Waals surface area contributed by atoms with Crippen LogP contribution in [0.15, 0.2) is 24.3 Å². The van der Waals surface area contributed by atoms with Gasteiger partial charge in [-0.05, 0) is 49.9 Å². The van der Waals surface area contributed by atoms with Crippen molar-refractivity contribution in [1.29, 1.82) is 0 Å².